The van der Waals surface area contributed by atoms with Crippen LogP contribution in [0.25, 0.3) is 5.57 Å². The standard InChI is InChI=1S/C25H24N2O4S/c1-18-10-6-9-15-22(18)31-17-16-26-25(28)24-23(19-11-4-3-5-12-19)20-13-7-8-14-21(20)27(2)32(24,29)30/h3-15H,16-17H2,1-2H3,(H,26,28). The van der Waals surface area contributed by atoms with Crippen molar-refractivity contribution in [2.75, 3.05) is 24.5 Å². The molecule has 0 saturated carbocycles. The van der Waals surface area contributed by atoms with E-state index in [4.69, 9.17) is 4.74 Å². The monoisotopic (exact) mass is 448 g/mol. The molecule has 0 unspecified atom stereocenters. The Morgan fingerprint density at radius 1 is 0.938 bits per heavy atom. The molecule has 0 fully saturated rings. The number of carbonyl (C=O) groups is 1. The van der Waals surface area contributed by atoms with Crippen LogP contribution in [0.2, 0.25) is 0 Å². The molecular weight excluding hydrogens is 424 g/mol. The molecule has 0 atom stereocenters. The lowest BCUT2D eigenvalue weighted by molar-refractivity contribution is -0.116. The third-order valence-electron chi connectivity index (χ3n) is 5.37. The molecule has 0 radical (unpaired) electrons. The Bertz CT molecular complexity index is 1280. The van der Waals surface area contributed by atoms with Crippen LogP contribution in [0.5, 0.6) is 5.75 Å². The molecule has 0 saturated heterocycles. The number of carbonyl (C=O) groups excluding carboxylic acids is 1. The molecule has 1 aliphatic heterocycles. The Labute approximate surface area is 188 Å². The lowest BCUT2D eigenvalue weighted by Crippen LogP contribution is -2.40. The first-order valence-corrected chi connectivity index (χ1v) is 11.7. The highest BCUT2D eigenvalue weighted by molar-refractivity contribution is 7.97. The summed E-state index contributed by atoms with van der Waals surface area (Å²) in [5.41, 5.74) is 3.28. The minimum Gasteiger partial charge on any atom is -0.491 e. The summed E-state index contributed by atoms with van der Waals surface area (Å²) in [6, 6.07) is 23.9. The van der Waals surface area contributed by atoms with Gasteiger partial charge < -0.3 is 10.1 Å². The van der Waals surface area contributed by atoms with E-state index in [0.717, 1.165) is 15.6 Å². The Morgan fingerprint density at radius 3 is 2.34 bits per heavy atom. The zero-order chi connectivity index (χ0) is 22.7. The van der Waals surface area contributed by atoms with Gasteiger partial charge in [0.1, 0.15) is 12.4 Å². The molecule has 1 heterocycles. The quantitative estimate of drug-likeness (QED) is 0.583. The van der Waals surface area contributed by atoms with Crippen molar-refractivity contribution >= 4 is 27.2 Å². The van der Waals surface area contributed by atoms with Crippen molar-refractivity contribution < 1.29 is 17.9 Å². The first kappa shape index (κ1) is 21.6. The van der Waals surface area contributed by atoms with E-state index in [1.807, 2.05) is 73.7 Å². The average molecular weight is 449 g/mol. The number of hydrogen-bond donors (Lipinski definition) is 1. The maximum absolute atomic E-state index is 13.4. The van der Waals surface area contributed by atoms with Crippen molar-refractivity contribution in [2.45, 2.75) is 6.92 Å². The first-order chi connectivity index (χ1) is 15.4. The summed E-state index contributed by atoms with van der Waals surface area (Å²) in [5, 5.41) is 2.72. The number of nitrogens with zero attached hydrogens (tertiary/aromatic N) is 1. The van der Waals surface area contributed by atoms with Crippen molar-refractivity contribution in [3.63, 3.8) is 0 Å². The zero-order valence-electron chi connectivity index (χ0n) is 17.9. The van der Waals surface area contributed by atoms with E-state index in [1.165, 1.54) is 7.05 Å². The molecule has 3 aromatic carbocycles. The highest BCUT2D eigenvalue weighted by Crippen LogP contribution is 2.41. The average Bonchev–Trinajstić information content (AvgIpc) is 2.80. The van der Waals surface area contributed by atoms with Crippen LogP contribution in [-0.4, -0.2) is 34.5 Å². The summed E-state index contributed by atoms with van der Waals surface area (Å²) < 4.78 is 33.6. The Kier molecular flexibility index (Phi) is 6.01. The van der Waals surface area contributed by atoms with Gasteiger partial charge in [-0.05, 0) is 30.2 Å². The van der Waals surface area contributed by atoms with Gasteiger partial charge in [0.2, 0.25) is 0 Å². The maximum Gasteiger partial charge on any atom is 0.270 e. The minimum absolute atomic E-state index is 0.166. The van der Waals surface area contributed by atoms with Crippen LogP contribution < -0.4 is 14.4 Å². The topological polar surface area (TPSA) is 75.7 Å². The van der Waals surface area contributed by atoms with Crippen molar-refractivity contribution in [3.8, 4) is 5.75 Å². The van der Waals surface area contributed by atoms with Crippen molar-refractivity contribution in [1.82, 2.24) is 5.32 Å². The highest BCUT2D eigenvalue weighted by Gasteiger charge is 2.39. The van der Waals surface area contributed by atoms with Crippen molar-refractivity contribution in [2.24, 2.45) is 0 Å². The number of nitrogens with one attached hydrogen (secondary N) is 1. The van der Waals surface area contributed by atoms with E-state index in [0.29, 0.717) is 22.4 Å². The van der Waals surface area contributed by atoms with Crippen LogP contribution in [0, 0.1) is 6.92 Å². The molecule has 1 amide bonds. The van der Waals surface area contributed by atoms with Crippen LogP contribution in [0.4, 0.5) is 5.69 Å². The summed E-state index contributed by atoms with van der Waals surface area (Å²) >= 11 is 0. The van der Waals surface area contributed by atoms with Gasteiger partial charge in [-0.3, -0.25) is 9.10 Å². The summed E-state index contributed by atoms with van der Waals surface area (Å²) in [6.45, 7) is 2.32. The molecule has 32 heavy (non-hydrogen) atoms. The second-order valence-electron chi connectivity index (χ2n) is 7.43. The number of rotatable bonds is 6. The lowest BCUT2D eigenvalue weighted by atomic mass is 9.95. The summed E-state index contributed by atoms with van der Waals surface area (Å²) in [4.78, 5) is 12.9. The Hall–Kier alpha value is -3.58. The molecule has 164 valence electrons. The number of amides is 1. The van der Waals surface area contributed by atoms with Gasteiger partial charge in [0, 0.05) is 18.2 Å². The van der Waals surface area contributed by atoms with Crippen LogP contribution >= 0.6 is 0 Å². The molecule has 0 aliphatic carbocycles. The van der Waals surface area contributed by atoms with Crippen LogP contribution in [0.3, 0.4) is 0 Å². The van der Waals surface area contributed by atoms with E-state index in [9.17, 15) is 13.2 Å². The third-order valence-corrected chi connectivity index (χ3v) is 7.19. The fraction of sp³-hybridized carbons (Fsp3) is 0.160. The Balaban J connectivity index is 1.67. The second kappa shape index (κ2) is 8.88. The number of anilines is 1. The summed E-state index contributed by atoms with van der Waals surface area (Å²) in [7, 11) is -2.59. The minimum atomic E-state index is -4.05. The number of benzene rings is 3. The fourth-order valence-corrected chi connectivity index (χ4v) is 5.21. The number of ether oxygens (including phenoxy) is 1. The van der Waals surface area contributed by atoms with Gasteiger partial charge in [-0.1, -0.05) is 66.7 Å². The van der Waals surface area contributed by atoms with Gasteiger partial charge in [0.15, 0.2) is 4.91 Å². The van der Waals surface area contributed by atoms with Gasteiger partial charge in [-0.15, -0.1) is 0 Å². The summed E-state index contributed by atoms with van der Waals surface area (Å²) in [5.74, 6) is 0.0727. The molecule has 0 spiro atoms. The Morgan fingerprint density at radius 2 is 1.59 bits per heavy atom. The van der Waals surface area contributed by atoms with Crippen molar-refractivity contribution in [3.05, 3.63) is 100 Å². The molecule has 3 aromatic rings. The third kappa shape index (κ3) is 3.99. The smallest absolute Gasteiger partial charge is 0.270 e. The zero-order valence-corrected chi connectivity index (χ0v) is 18.7. The van der Waals surface area contributed by atoms with Gasteiger partial charge in [-0.25, -0.2) is 8.42 Å². The van der Waals surface area contributed by atoms with Gasteiger partial charge in [0.05, 0.1) is 12.2 Å². The number of aryl methyl sites for hydroxylation is 1. The summed E-state index contributed by atoms with van der Waals surface area (Å²) in [6.07, 6.45) is 0. The van der Waals surface area contributed by atoms with Gasteiger partial charge in [-0.2, -0.15) is 0 Å². The number of hydrogen-bond acceptors (Lipinski definition) is 4. The second-order valence-corrected chi connectivity index (χ2v) is 9.34. The van der Waals surface area contributed by atoms with E-state index in [-0.39, 0.29) is 18.1 Å². The maximum atomic E-state index is 13.4. The normalized spacial score (nSPS) is 14.6. The van der Waals surface area contributed by atoms with Crippen LogP contribution in [-0.2, 0) is 14.8 Å². The molecule has 1 aliphatic rings. The predicted molar refractivity (Wildman–Crippen MR) is 126 cm³/mol. The molecular formula is C25H24N2O4S. The first-order valence-electron chi connectivity index (χ1n) is 10.3. The van der Waals surface area contributed by atoms with E-state index < -0.39 is 15.9 Å². The van der Waals surface area contributed by atoms with E-state index in [2.05, 4.69) is 5.32 Å². The lowest BCUT2D eigenvalue weighted by Gasteiger charge is -2.30. The predicted octanol–water partition coefficient (Wildman–Crippen LogP) is 3.73. The number of fused-ring (bicyclic) bond motifs is 1. The van der Waals surface area contributed by atoms with Gasteiger partial charge in [0.25, 0.3) is 15.9 Å². The SMILES string of the molecule is Cc1ccccc1OCCNC(=O)C1=C(c2ccccc2)c2ccccc2N(C)S1(=O)=O. The van der Waals surface area contributed by atoms with Crippen molar-refractivity contribution in [1.29, 1.82) is 0 Å². The molecule has 4 rings (SSSR count). The molecule has 0 bridgehead atoms. The molecule has 0 aromatic heterocycles. The van der Waals surface area contributed by atoms with Crippen LogP contribution in [0.1, 0.15) is 16.7 Å². The highest BCUT2D eigenvalue weighted by atomic mass is 32.2. The molecule has 1 N–H and O–H groups in total. The number of sulfonamides is 1. The van der Waals surface area contributed by atoms with Gasteiger partial charge >= 0.3 is 0 Å². The fourth-order valence-electron chi connectivity index (χ4n) is 3.72. The van der Waals surface area contributed by atoms with E-state index >= 15 is 0 Å². The number of para-hydroxylation sites is 2. The molecule has 7 heteroatoms. The largest absolute Gasteiger partial charge is 0.491 e. The van der Waals surface area contributed by atoms with Crippen LogP contribution in [0.15, 0.2) is 83.8 Å². The van der Waals surface area contributed by atoms with E-state index in [1.54, 1.807) is 12.1 Å². The molecule has 6 nitrogen and oxygen atoms in total.